The second-order valence-corrected chi connectivity index (χ2v) is 8.58. The molecule has 0 aliphatic heterocycles. The molecule has 0 aromatic carbocycles. The van der Waals surface area contributed by atoms with Crippen molar-refractivity contribution >= 4 is 22.9 Å². The van der Waals surface area contributed by atoms with Crippen molar-refractivity contribution in [2.45, 2.75) is 78.7 Å². The second-order valence-electron chi connectivity index (χ2n) is 8.58. The number of aromatic nitrogens is 3. The average Bonchev–Trinajstić information content (AvgIpc) is 2.94. The van der Waals surface area contributed by atoms with Gasteiger partial charge in [0.2, 0.25) is 0 Å². The summed E-state index contributed by atoms with van der Waals surface area (Å²) in [6.45, 7) is 12.8. The van der Waals surface area contributed by atoms with Crippen molar-refractivity contribution in [1.82, 2.24) is 20.1 Å². The predicted molar refractivity (Wildman–Crippen MR) is 110 cm³/mol. The number of fused-ring (bicyclic) bond motifs is 1. The maximum absolute atomic E-state index is 12.9. The van der Waals surface area contributed by atoms with Gasteiger partial charge >= 0.3 is 5.97 Å². The van der Waals surface area contributed by atoms with Crippen molar-refractivity contribution in [2.75, 3.05) is 6.54 Å². The third-order valence-electron chi connectivity index (χ3n) is 4.66. The fourth-order valence-corrected chi connectivity index (χ4v) is 3.13. The zero-order valence-corrected chi connectivity index (χ0v) is 17.8. The van der Waals surface area contributed by atoms with Crippen molar-refractivity contribution in [3.8, 4) is 0 Å². The predicted octanol–water partition coefficient (Wildman–Crippen LogP) is 3.99. The molecule has 154 valence electrons. The number of aryl methyl sites for hydroxylation is 1. The van der Waals surface area contributed by atoms with Crippen LogP contribution in [0.25, 0.3) is 11.0 Å². The number of carboxylic acids is 1. The van der Waals surface area contributed by atoms with Crippen LogP contribution in [-0.4, -0.2) is 38.3 Å². The van der Waals surface area contributed by atoms with E-state index in [-0.39, 0.29) is 23.8 Å². The van der Waals surface area contributed by atoms with Crippen LogP contribution in [0.5, 0.6) is 0 Å². The molecule has 0 saturated carbocycles. The fraction of sp³-hybridized carbons (Fsp3) is 0.619. The second kappa shape index (κ2) is 8.71. The summed E-state index contributed by atoms with van der Waals surface area (Å²) in [5.41, 5.74) is 2.76. The molecular weight excluding hydrogens is 356 g/mol. The Balaban J connectivity index is 2.28. The number of nitrogens with one attached hydrogen (secondary N) is 1. The number of carbonyl (C=O) groups is 2. The van der Waals surface area contributed by atoms with Crippen molar-refractivity contribution < 1.29 is 14.7 Å². The van der Waals surface area contributed by atoms with Crippen LogP contribution < -0.4 is 5.32 Å². The Labute approximate surface area is 166 Å². The molecule has 2 N–H and O–H groups in total. The molecule has 0 radical (unpaired) electrons. The van der Waals surface area contributed by atoms with Crippen molar-refractivity contribution in [3.05, 3.63) is 23.0 Å². The quantitative estimate of drug-likeness (QED) is 0.666. The number of amides is 1. The Morgan fingerprint density at radius 2 is 1.89 bits per heavy atom. The molecule has 0 bridgehead atoms. The topological polar surface area (TPSA) is 97.1 Å². The van der Waals surface area contributed by atoms with Gasteiger partial charge in [-0.2, -0.15) is 5.10 Å². The van der Waals surface area contributed by atoms with E-state index in [1.807, 2.05) is 17.7 Å². The highest BCUT2D eigenvalue weighted by Gasteiger charge is 2.25. The number of hydrogen-bond donors (Lipinski definition) is 2. The molecule has 0 unspecified atom stereocenters. The number of unbranched alkanes of at least 4 members (excludes halogenated alkanes) is 2. The lowest BCUT2D eigenvalue weighted by Crippen LogP contribution is -2.26. The summed E-state index contributed by atoms with van der Waals surface area (Å²) in [6, 6.07) is 1.87. The normalized spacial score (nSPS) is 12.0. The van der Waals surface area contributed by atoms with Gasteiger partial charge in [-0.3, -0.25) is 9.59 Å². The van der Waals surface area contributed by atoms with Gasteiger partial charge in [-0.05, 0) is 52.5 Å². The Morgan fingerprint density at radius 1 is 1.21 bits per heavy atom. The number of hydrogen-bond acceptors (Lipinski definition) is 4. The molecule has 0 fully saturated rings. The number of carboxylic acid groups (broad SMARTS) is 1. The van der Waals surface area contributed by atoms with E-state index in [1.54, 1.807) is 0 Å². The molecule has 0 saturated heterocycles. The van der Waals surface area contributed by atoms with Gasteiger partial charge in [0.25, 0.3) is 5.91 Å². The van der Waals surface area contributed by atoms with Gasteiger partial charge in [0.15, 0.2) is 5.65 Å². The lowest BCUT2D eigenvalue weighted by Gasteiger charge is -2.20. The largest absolute Gasteiger partial charge is 0.481 e. The van der Waals surface area contributed by atoms with Gasteiger partial charge in [0.1, 0.15) is 0 Å². The first-order valence-electron chi connectivity index (χ1n) is 9.93. The molecule has 2 aromatic heterocycles. The number of rotatable bonds is 8. The smallest absolute Gasteiger partial charge is 0.303 e. The minimum absolute atomic E-state index is 0.135. The van der Waals surface area contributed by atoms with Gasteiger partial charge in [-0.15, -0.1) is 0 Å². The van der Waals surface area contributed by atoms with E-state index in [9.17, 15) is 9.59 Å². The average molecular weight is 389 g/mol. The van der Waals surface area contributed by atoms with E-state index >= 15 is 0 Å². The molecule has 2 aromatic rings. The van der Waals surface area contributed by atoms with E-state index in [4.69, 9.17) is 10.1 Å². The number of nitrogens with zero attached hydrogens (tertiary/aromatic N) is 3. The van der Waals surface area contributed by atoms with E-state index in [0.29, 0.717) is 18.5 Å². The highest BCUT2D eigenvalue weighted by molar-refractivity contribution is 6.06. The van der Waals surface area contributed by atoms with Crippen LogP contribution in [0.2, 0.25) is 0 Å². The molecule has 1 amide bonds. The van der Waals surface area contributed by atoms with Crippen LogP contribution in [0.4, 0.5) is 0 Å². The van der Waals surface area contributed by atoms with Crippen LogP contribution in [0.1, 0.15) is 88.0 Å². The minimum atomic E-state index is -0.782. The summed E-state index contributed by atoms with van der Waals surface area (Å²) < 4.78 is 1.90. The van der Waals surface area contributed by atoms with Gasteiger partial charge in [0, 0.05) is 18.7 Å². The van der Waals surface area contributed by atoms with Crippen molar-refractivity contribution in [1.29, 1.82) is 0 Å². The minimum Gasteiger partial charge on any atom is -0.481 e. The Hall–Kier alpha value is -2.44. The van der Waals surface area contributed by atoms with Crippen LogP contribution in [0, 0.1) is 6.92 Å². The fourth-order valence-electron chi connectivity index (χ4n) is 3.13. The highest BCUT2D eigenvalue weighted by Crippen LogP contribution is 2.28. The number of aliphatic carboxylic acids is 1. The van der Waals surface area contributed by atoms with Gasteiger partial charge < -0.3 is 10.4 Å². The van der Waals surface area contributed by atoms with Crippen LogP contribution >= 0.6 is 0 Å². The van der Waals surface area contributed by atoms with Crippen LogP contribution in [-0.2, 0) is 10.3 Å². The zero-order valence-electron chi connectivity index (χ0n) is 17.8. The van der Waals surface area contributed by atoms with E-state index in [0.717, 1.165) is 35.3 Å². The van der Waals surface area contributed by atoms with Gasteiger partial charge in [-0.25, -0.2) is 9.67 Å². The molecule has 28 heavy (non-hydrogen) atoms. The maximum atomic E-state index is 12.9. The monoisotopic (exact) mass is 388 g/mol. The van der Waals surface area contributed by atoms with Crippen molar-refractivity contribution in [2.24, 2.45) is 0 Å². The van der Waals surface area contributed by atoms with Gasteiger partial charge in [-0.1, -0.05) is 20.3 Å². The van der Waals surface area contributed by atoms with Crippen LogP contribution in [0.15, 0.2) is 6.07 Å². The Bertz CT molecular complexity index is 863. The zero-order chi connectivity index (χ0) is 21.1. The van der Waals surface area contributed by atoms with Crippen molar-refractivity contribution in [3.63, 3.8) is 0 Å². The van der Waals surface area contributed by atoms with E-state index in [2.05, 4.69) is 45.0 Å². The third kappa shape index (κ3) is 5.09. The molecule has 0 atom stereocenters. The SMILES string of the molecule is Cc1nn(C(C)(C)C)c2nc(C(C)C)cc(C(=O)NCCCCCC(=O)O)c12. The first-order chi connectivity index (χ1) is 13.0. The third-order valence-corrected chi connectivity index (χ3v) is 4.66. The van der Waals surface area contributed by atoms with E-state index < -0.39 is 5.97 Å². The molecule has 0 spiro atoms. The van der Waals surface area contributed by atoms with Crippen LogP contribution in [0.3, 0.4) is 0 Å². The molecule has 7 nitrogen and oxygen atoms in total. The molecule has 2 rings (SSSR count). The molecule has 0 aliphatic rings. The maximum Gasteiger partial charge on any atom is 0.303 e. The summed E-state index contributed by atoms with van der Waals surface area (Å²) in [6.07, 6.45) is 2.32. The Kier molecular flexibility index (Phi) is 6.80. The summed E-state index contributed by atoms with van der Waals surface area (Å²) in [5.74, 6) is -0.726. The summed E-state index contributed by atoms with van der Waals surface area (Å²) in [4.78, 5) is 28.3. The summed E-state index contributed by atoms with van der Waals surface area (Å²) >= 11 is 0. The Morgan fingerprint density at radius 3 is 2.46 bits per heavy atom. The number of carbonyl (C=O) groups excluding carboxylic acids is 1. The van der Waals surface area contributed by atoms with E-state index in [1.165, 1.54) is 0 Å². The standard InChI is InChI=1S/C21H32N4O3/c1-13(2)16-12-15(20(28)22-11-9-7-8-10-17(26)27)18-14(3)24-25(19(18)23-16)21(4,5)6/h12-13H,7-11H2,1-6H3,(H,22,28)(H,26,27). The molecule has 2 heterocycles. The first kappa shape index (κ1) is 21.9. The lowest BCUT2D eigenvalue weighted by molar-refractivity contribution is -0.137. The first-order valence-corrected chi connectivity index (χ1v) is 9.93. The molecule has 0 aliphatic carbocycles. The summed E-state index contributed by atoms with van der Waals surface area (Å²) in [7, 11) is 0. The summed E-state index contributed by atoms with van der Waals surface area (Å²) in [5, 5.41) is 17.1. The highest BCUT2D eigenvalue weighted by atomic mass is 16.4. The lowest BCUT2D eigenvalue weighted by atomic mass is 10.0. The number of pyridine rings is 1. The molecule has 7 heteroatoms. The van der Waals surface area contributed by atoms with Gasteiger partial charge in [0.05, 0.1) is 22.2 Å². The molecular formula is C21H32N4O3.